The van der Waals surface area contributed by atoms with E-state index in [4.69, 9.17) is 23.2 Å². The summed E-state index contributed by atoms with van der Waals surface area (Å²) in [7, 11) is 0. The molecule has 0 aromatic rings. The van der Waals surface area contributed by atoms with Crippen LogP contribution >= 0.6 is 23.2 Å². The van der Waals surface area contributed by atoms with Gasteiger partial charge in [0.2, 0.25) is 0 Å². The van der Waals surface area contributed by atoms with Crippen LogP contribution < -0.4 is 0 Å². The van der Waals surface area contributed by atoms with Gasteiger partial charge in [0.05, 0.1) is 6.10 Å². The molecule has 0 aromatic heterocycles. The van der Waals surface area contributed by atoms with Crippen molar-refractivity contribution in [3.8, 4) is 0 Å². The standard InChI is InChI=1S/C14H18Cl2O2/c15-14(16)12-7-1-3-8-10(17)5-6-11(18)13(8)9(12)4-2-7/h7-9,11,13,18H,1-6H2/t7-,8-,9+,11-,13+/m0/s1. The quantitative estimate of drug-likeness (QED) is 0.741. The van der Waals surface area contributed by atoms with Gasteiger partial charge in [0.15, 0.2) is 0 Å². The van der Waals surface area contributed by atoms with Crippen molar-refractivity contribution in [2.24, 2.45) is 23.7 Å². The Morgan fingerprint density at radius 2 is 1.72 bits per heavy atom. The van der Waals surface area contributed by atoms with Gasteiger partial charge < -0.3 is 5.11 Å². The van der Waals surface area contributed by atoms with Crippen LogP contribution in [0.25, 0.3) is 0 Å². The normalized spacial score (nSPS) is 43.6. The van der Waals surface area contributed by atoms with Gasteiger partial charge in [-0.15, -0.1) is 0 Å². The van der Waals surface area contributed by atoms with E-state index in [1.165, 1.54) is 0 Å². The van der Waals surface area contributed by atoms with Gasteiger partial charge in [0, 0.05) is 18.3 Å². The molecule has 2 bridgehead atoms. The minimum absolute atomic E-state index is 0.0340. The molecule has 1 N–H and O–H groups in total. The second kappa shape index (κ2) is 4.81. The molecule has 0 aliphatic heterocycles. The van der Waals surface area contributed by atoms with Crippen LogP contribution in [-0.4, -0.2) is 17.0 Å². The summed E-state index contributed by atoms with van der Waals surface area (Å²) in [6, 6.07) is 0. The molecule has 3 aliphatic rings. The predicted molar refractivity (Wildman–Crippen MR) is 71.4 cm³/mol. The largest absolute Gasteiger partial charge is 0.393 e. The molecule has 0 aromatic carbocycles. The number of allylic oxidation sites excluding steroid dienone is 1. The van der Waals surface area contributed by atoms with Gasteiger partial charge >= 0.3 is 0 Å². The first-order chi connectivity index (χ1) is 8.59. The molecule has 0 unspecified atom stereocenters. The Kier molecular flexibility index (Phi) is 3.46. The molecule has 3 fully saturated rings. The Morgan fingerprint density at radius 3 is 2.39 bits per heavy atom. The highest BCUT2D eigenvalue weighted by molar-refractivity contribution is 6.56. The maximum Gasteiger partial charge on any atom is 0.136 e. The van der Waals surface area contributed by atoms with E-state index in [0.717, 1.165) is 31.3 Å². The number of aliphatic hydroxyl groups is 1. The van der Waals surface area contributed by atoms with E-state index in [2.05, 4.69) is 0 Å². The number of carbonyl (C=O) groups is 1. The zero-order valence-corrected chi connectivity index (χ0v) is 11.8. The molecule has 0 amide bonds. The molecule has 18 heavy (non-hydrogen) atoms. The van der Waals surface area contributed by atoms with E-state index in [0.29, 0.717) is 29.0 Å². The van der Waals surface area contributed by atoms with Crippen LogP contribution in [0.3, 0.4) is 0 Å². The molecule has 0 spiro atoms. The lowest BCUT2D eigenvalue weighted by molar-refractivity contribution is -0.132. The highest BCUT2D eigenvalue weighted by Crippen LogP contribution is 2.54. The smallest absolute Gasteiger partial charge is 0.136 e. The molecule has 2 nitrogen and oxygen atoms in total. The van der Waals surface area contributed by atoms with Crippen molar-refractivity contribution in [3.05, 3.63) is 10.1 Å². The summed E-state index contributed by atoms with van der Waals surface area (Å²) in [5, 5.41) is 10.3. The zero-order valence-electron chi connectivity index (χ0n) is 10.2. The van der Waals surface area contributed by atoms with E-state index in [1.54, 1.807) is 0 Å². The second-order valence-corrected chi connectivity index (χ2v) is 6.88. The summed E-state index contributed by atoms with van der Waals surface area (Å²) in [5.41, 5.74) is 1.12. The molecule has 0 saturated heterocycles. The summed E-state index contributed by atoms with van der Waals surface area (Å²) < 4.78 is 0.383. The molecule has 3 saturated carbocycles. The van der Waals surface area contributed by atoms with Gasteiger partial charge in [-0.3, -0.25) is 4.79 Å². The summed E-state index contributed by atoms with van der Waals surface area (Å²) in [5.74, 6) is 1.09. The predicted octanol–water partition coefficient (Wildman–Crippen LogP) is 3.45. The van der Waals surface area contributed by atoms with E-state index < -0.39 is 0 Å². The van der Waals surface area contributed by atoms with E-state index in [1.807, 2.05) is 0 Å². The minimum Gasteiger partial charge on any atom is -0.393 e. The summed E-state index contributed by atoms with van der Waals surface area (Å²) in [6.07, 6.45) is 4.79. The highest BCUT2D eigenvalue weighted by Gasteiger charge is 2.49. The lowest BCUT2D eigenvalue weighted by atomic mass is 9.68. The number of hydrogen-bond donors (Lipinski definition) is 1. The van der Waals surface area contributed by atoms with Crippen LogP contribution in [0.2, 0.25) is 0 Å². The summed E-state index contributed by atoms with van der Waals surface area (Å²) in [6.45, 7) is 0. The summed E-state index contributed by atoms with van der Waals surface area (Å²) in [4.78, 5) is 12.1. The van der Waals surface area contributed by atoms with Crippen LogP contribution in [0.5, 0.6) is 0 Å². The van der Waals surface area contributed by atoms with Gasteiger partial charge in [-0.05, 0) is 49.5 Å². The Morgan fingerprint density at radius 1 is 1.06 bits per heavy atom. The van der Waals surface area contributed by atoms with Crippen molar-refractivity contribution in [1.82, 2.24) is 0 Å². The van der Waals surface area contributed by atoms with Gasteiger partial charge in [-0.25, -0.2) is 0 Å². The lowest BCUT2D eigenvalue weighted by Gasteiger charge is -2.37. The van der Waals surface area contributed by atoms with Crippen molar-refractivity contribution < 1.29 is 9.90 Å². The van der Waals surface area contributed by atoms with Gasteiger partial charge in [-0.1, -0.05) is 23.2 Å². The number of aliphatic hydroxyl groups excluding tert-OH is 1. The van der Waals surface area contributed by atoms with Crippen LogP contribution in [0.15, 0.2) is 10.1 Å². The minimum atomic E-state index is -0.364. The third-order valence-electron chi connectivity index (χ3n) is 5.18. The number of carbonyl (C=O) groups excluding carboxylic acids is 1. The van der Waals surface area contributed by atoms with Crippen molar-refractivity contribution in [1.29, 1.82) is 0 Å². The summed E-state index contributed by atoms with van der Waals surface area (Å²) >= 11 is 12.1. The SMILES string of the molecule is O=C1CC[C@H](O)[C@H]2[C@@H]3CC[C@H](CC[C@@H]12)C3=C(Cl)Cl. The van der Waals surface area contributed by atoms with Crippen molar-refractivity contribution in [3.63, 3.8) is 0 Å². The van der Waals surface area contributed by atoms with E-state index in [9.17, 15) is 9.90 Å². The number of hydrogen-bond acceptors (Lipinski definition) is 2. The van der Waals surface area contributed by atoms with Crippen LogP contribution in [0, 0.1) is 23.7 Å². The third kappa shape index (κ3) is 1.93. The highest BCUT2D eigenvalue weighted by atomic mass is 35.5. The number of Topliss-reactive ketones (excluding diaryl/α,β-unsaturated/α-hetero) is 1. The fourth-order valence-electron chi connectivity index (χ4n) is 4.42. The maximum atomic E-state index is 12.1. The Bertz CT molecular complexity index is 401. The van der Waals surface area contributed by atoms with E-state index >= 15 is 0 Å². The number of ketones is 1. The molecule has 4 heteroatoms. The average Bonchev–Trinajstić information content (AvgIpc) is 2.63. The van der Waals surface area contributed by atoms with Crippen LogP contribution in [0.1, 0.15) is 38.5 Å². The van der Waals surface area contributed by atoms with Gasteiger partial charge in [-0.2, -0.15) is 0 Å². The molecule has 3 rings (SSSR count). The Hall–Kier alpha value is -0.0500. The van der Waals surface area contributed by atoms with Crippen molar-refractivity contribution in [2.45, 2.75) is 44.6 Å². The first-order valence-electron chi connectivity index (χ1n) is 6.85. The number of fused-ring (bicyclic) bond motifs is 4. The maximum absolute atomic E-state index is 12.1. The van der Waals surface area contributed by atoms with Crippen molar-refractivity contribution >= 4 is 29.0 Å². The van der Waals surface area contributed by atoms with Crippen LogP contribution in [-0.2, 0) is 4.79 Å². The Labute approximate surface area is 117 Å². The number of halogens is 2. The van der Waals surface area contributed by atoms with Gasteiger partial charge in [0.25, 0.3) is 0 Å². The second-order valence-electron chi connectivity index (χ2n) is 5.93. The molecule has 100 valence electrons. The first-order valence-corrected chi connectivity index (χ1v) is 7.61. The molecular weight excluding hydrogens is 271 g/mol. The van der Waals surface area contributed by atoms with E-state index in [-0.39, 0.29) is 23.9 Å². The third-order valence-corrected chi connectivity index (χ3v) is 5.62. The van der Waals surface area contributed by atoms with Gasteiger partial charge in [0.1, 0.15) is 10.3 Å². The zero-order chi connectivity index (χ0) is 12.9. The average molecular weight is 289 g/mol. The monoisotopic (exact) mass is 288 g/mol. The number of rotatable bonds is 0. The molecular formula is C14H18Cl2O2. The van der Waals surface area contributed by atoms with Crippen LogP contribution in [0.4, 0.5) is 0 Å². The molecule has 3 aliphatic carbocycles. The fraction of sp³-hybridized carbons (Fsp3) is 0.786. The molecule has 5 atom stereocenters. The first kappa shape index (κ1) is 13.0. The molecule has 0 heterocycles. The Balaban J connectivity index is 2.01. The lowest BCUT2D eigenvalue weighted by Crippen LogP contribution is -2.41. The topological polar surface area (TPSA) is 37.3 Å². The fourth-order valence-corrected chi connectivity index (χ4v) is 5.01. The van der Waals surface area contributed by atoms with Crippen molar-refractivity contribution in [2.75, 3.05) is 0 Å². The molecule has 0 radical (unpaired) electrons.